The average Bonchev–Trinajstić information content (AvgIpc) is 2.80. The highest BCUT2D eigenvalue weighted by Gasteiger charge is 2.16. The number of hydrogen-bond donors (Lipinski definition) is 1. The van der Waals surface area contributed by atoms with Crippen molar-refractivity contribution in [3.63, 3.8) is 0 Å². The fraction of sp³-hybridized carbons (Fsp3) is 0.444. The minimum atomic E-state index is -0.200. The zero-order valence-electron chi connectivity index (χ0n) is 12.8. The summed E-state index contributed by atoms with van der Waals surface area (Å²) < 4.78 is 13.0. The first-order chi connectivity index (χ1) is 10.8. The molecule has 0 amide bonds. The molecule has 0 bridgehead atoms. The normalized spacial score (nSPS) is 18.9. The van der Waals surface area contributed by atoms with Gasteiger partial charge in [-0.1, -0.05) is 12.1 Å². The van der Waals surface area contributed by atoms with E-state index in [9.17, 15) is 4.39 Å². The predicted molar refractivity (Wildman–Crippen MR) is 85.2 cm³/mol. The van der Waals surface area contributed by atoms with E-state index in [-0.39, 0.29) is 5.82 Å². The van der Waals surface area contributed by atoms with Gasteiger partial charge in [0, 0.05) is 18.8 Å². The van der Waals surface area contributed by atoms with Gasteiger partial charge in [-0.2, -0.15) is 0 Å². The van der Waals surface area contributed by atoms with Crippen molar-refractivity contribution in [1.82, 2.24) is 15.3 Å². The Hall–Kier alpha value is -1.81. The summed E-state index contributed by atoms with van der Waals surface area (Å²) in [4.78, 5) is 9.07. The van der Waals surface area contributed by atoms with Crippen molar-refractivity contribution in [2.24, 2.45) is 5.92 Å². The molecule has 1 aliphatic rings. The number of nitrogens with zero attached hydrogens (tertiary/aromatic N) is 2. The highest BCUT2D eigenvalue weighted by atomic mass is 19.1. The van der Waals surface area contributed by atoms with Gasteiger partial charge in [-0.05, 0) is 62.4 Å². The van der Waals surface area contributed by atoms with Gasteiger partial charge >= 0.3 is 0 Å². The molecule has 116 valence electrons. The maximum absolute atomic E-state index is 13.0. The Labute approximate surface area is 131 Å². The second kappa shape index (κ2) is 7.45. The molecule has 1 N–H and O–H groups in total. The number of hydrogen-bond acceptors (Lipinski definition) is 3. The number of aromatic nitrogens is 2. The molecule has 4 heteroatoms. The van der Waals surface area contributed by atoms with E-state index in [0.717, 1.165) is 36.5 Å². The number of benzene rings is 1. The molecule has 1 unspecified atom stereocenters. The SMILES string of the molecule is Fc1ccc(Cc2nccnc2CC2CCCNCC2)cc1. The van der Waals surface area contributed by atoms with Crippen LogP contribution in [0.2, 0.25) is 0 Å². The zero-order chi connectivity index (χ0) is 15.2. The van der Waals surface area contributed by atoms with Gasteiger partial charge in [0.1, 0.15) is 5.82 Å². The molecule has 2 aromatic rings. The molecule has 2 heterocycles. The van der Waals surface area contributed by atoms with Gasteiger partial charge < -0.3 is 5.32 Å². The third-order valence-electron chi connectivity index (χ3n) is 4.32. The molecule has 1 aromatic carbocycles. The van der Waals surface area contributed by atoms with Gasteiger partial charge in [0.05, 0.1) is 11.4 Å². The summed E-state index contributed by atoms with van der Waals surface area (Å²) in [6.45, 7) is 2.22. The molecular weight excluding hydrogens is 277 g/mol. The highest BCUT2D eigenvalue weighted by Crippen LogP contribution is 2.20. The quantitative estimate of drug-likeness (QED) is 0.942. The summed E-state index contributed by atoms with van der Waals surface area (Å²) in [6, 6.07) is 6.65. The maximum Gasteiger partial charge on any atom is 0.123 e. The van der Waals surface area contributed by atoms with E-state index in [2.05, 4.69) is 15.3 Å². The second-order valence-corrected chi connectivity index (χ2v) is 6.00. The van der Waals surface area contributed by atoms with Crippen molar-refractivity contribution in [2.75, 3.05) is 13.1 Å². The van der Waals surface area contributed by atoms with Crippen molar-refractivity contribution < 1.29 is 4.39 Å². The Bertz CT molecular complexity index is 590. The monoisotopic (exact) mass is 299 g/mol. The van der Waals surface area contributed by atoms with Crippen LogP contribution in [0.3, 0.4) is 0 Å². The molecule has 3 nitrogen and oxygen atoms in total. The van der Waals surface area contributed by atoms with Gasteiger partial charge in [0.15, 0.2) is 0 Å². The molecule has 1 saturated heterocycles. The van der Waals surface area contributed by atoms with Crippen LogP contribution < -0.4 is 5.32 Å². The molecule has 1 fully saturated rings. The van der Waals surface area contributed by atoms with E-state index in [1.807, 2.05) is 12.1 Å². The van der Waals surface area contributed by atoms with Gasteiger partial charge in [-0.25, -0.2) is 4.39 Å². The lowest BCUT2D eigenvalue weighted by Crippen LogP contribution is -2.15. The Kier molecular flexibility index (Phi) is 5.11. The molecule has 3 rings (SSSR count). The fourth-order valence-electron chi connectivity index (χ4n) is 3.08. The van der Waals surface area contributed by atoms with Crippen molar-refractivity contribution >= 4 is 0 Å². The van der Waals surface area contributed by atoms with E-state index in [1.165, 1.54) is 31.4 Å². The highest BCUT2D eigenvalue weighted by molar-refractivity contribution is 5.24. The van der Waals surface area contributed by atoms with E-state index < -0.39 is 0 Å². The summed E-state index contributed by atoms with van der Waals surface area (Å²) in [5.41, 5.74) is 3.19. The lowest BCUT2D eigenvalue weighted by atomic mass is 9.93. The first kappa shape index (κ1) is 15.1. The lowest BCUT2D eigenvalue weighted by Gasteiger charge is -2.15. The van der Waals surface area contributed by atoms with Gasteiger partial charge in [0.25, 0.3) is 0 Å². The molecule has 1 atom stereocenters. The van der Waals surface area contributed by atoms with Crippen molar-refractivity contribution in [2.45, 2.75) is 32.1 Å². The molecule has 0 spiro atoms. The van der Waals surface area contributed by atoms with Crippen LogP contribution in [0, 0.1) is 11.7 Å². The zero-order valence-corrected chi connectivity index (χ0v) is 12.8. The number of nitrogens with one attached hydrogen (secondary N) is 1. The van der Waals surface area contributed by atoms with Crippen LogP contribution in [0.4, 0.5) is 4.39 Å². The average molecular weight is 299 g/mol. The lowest BCUT2D eigenvalue weighted by molar-refractivity contribution is 0.462. The first-order valence-electron chi connectivity index (χ1n) is 8.05. The Morgan fingerprint density at radius 1 is 1.00 bits per heavy atom. The number of halogens is 1. The third kappa shape index (κ3) is 4.10. The van der Waals surface area contributed by atoms with Crippen LogP contribution in [-0.2, 0) is 12.8 Å². The number of rotatable bonds is 4. The van der Waals surface area contributed by atoms with Crippen molar-refractivity contribution in [3.8, 4) is 0 Å². The largest absolute Gasteiger partial charge is 0.317 e. The van der Waals surface area contributed by atoms with Gasteiger partial charge in [-0.3, -0.25) is 9.97 Å². The van der Waals surface area contributed by atoms with Crippen LogP contribution in [0.5, 0.6) is 0 Å². The standard InChI is InChI=1S/C18H22FN3/c19-16-5-3-15(4-6-16)13-18-17(21-10-11-22-18)12-14-2-1-8-20-9-7-14/h3-6,10-11,14,20H,1-2,7-9,12-13H2. The molecule has 1 aromatic heterocycles. The minimum Gasteiger partial charge on any atom is -0.317 e. The third-order valence-corrected chi connectivity index (χ3v) is 4.32. The molecule has 0 saturated carbocycles. The van der Waals surface area contributed by atoms with E-state index >= 15 is 0 Å². The Morgan fingerprint density at radius 2 is 1.77 bits per heavy atom. The van der Waals surface area contributed by atoms with E-state index in [0.29, 0.717) is 12.3 Å². The Balaban J connectivity index is 1.72. The fourth-order valence-corrected chi connectivity index (χ4v) is 3.08. The summed E-state index contributed by atoms with van der Waals surface area (Å²) in [7, 11) is 0. The maximum atomic E-state index is 13.0. The second-order valence-electron chi connectivity index (χ2n) is 6.00. The first-order valence-corrected chi connectivity index (χ1v) is 8.05. The van der Waals surface area contributed by atoms with Crippen LogP contribution >= 0.6 is 0 Å². The molecule has 1 aliphatic heterocycles. The van der Waals surface area contributed by atoms with E-state index in [1.54, 1.807) is 12.4 Å². The van der Waals surface area contributed by atoms with Gasteiger partial charge in [-0.15, -0.1) is 0 Å². The topological polar surface area (TPSA) is 37.8 Å². The molecular formula is C18H22FN3. The minimum absolute atomic E-state index is 0.200. The smallest absolute Gasteiger partial charge is 0.123 e. The van der Waals surface area contributed by atoms with Crippen LogP contribution in [-0.4, -0.2) is 23.1 Å². The van der Waals surface area contributed by atoms with Crippen LogP contribution in [0.1, 0.15) is 36.2 Å². The summed E-state index contributed by atoms with van der Waals surface area (Å²) in [6.07, 6.45) is 8.92. The van der Waals surface area contributed by atoms with Crippen LogP contribution in [0.15, 0.2) is 36.7 Å². The van der Waals surface area contributed by atoms with Crippen molar-refractivity contribution in [3.05, 3.63) is 59.4 Å². The molecule has 0 radical (unpaired) electrons. The van der Waals surface area contributed by atoms with Gasteiger partial charge in [0.2, 0.25) is 0 Å². The molecule has 0 aliphatic carbocycles. The summed E-state index contributed by atoms with van der Waals surface area (Å²) in [5, 5.41) is 3.45. The van der Waals surface area contributed by atoms with E-state index in [4.69, 9.17) is 0 Å². The predicted octanol–water partition coefficient (Wildman–Crippen LogP) is 3.14. The van der Waals surface area contributed by atoms with Crippen molar-refractivity contribution in [1.29, 1.82) is 0 Å². The summed E-state index contributed by atoms with van der Waals surface area (Å²) in [5.74, 6) is 0.479. The van der Waals surface area contributed by atoms with Crippen LogP contribution in [0.25, 0.3) is 0 Å². The molecule has 22 heavy (non-hydrogen) atoms. The summed E-state index contributed by atoms with van der Waals surface area (Å²) >= 11 is 0. The Morgan fingerprint density at radius 3 is 2.59 bits per heavy atom.